The highest BCUT2D eigenvalue weighted by Crippen LogP contribution is 2.52. The largest absolute Gasteiger partial charge is 0.456 e. The molecule has 1 amide bonds. The number of ether oxygens (including phenoxy) is 2. The summed E-state index contributed by atoms with van der Waals surface area (Å²) in [5.41, 5.74) is 0.724. The van der Waals surface area contributed by atoms with Gasteiger partial charge in [-0.1, -0.05) is 6.92 Å². The van der Waals surface area contributed by atoms with E-state index in [-0.39, 0.29) is 53.0 Å². The van der Waals surface area contributed by atoms with E-state index in [1.807, 2.05) is 6.92 Å². The van der Waals surface area contributed by atoms with Crippen molar-refractivity contribution in [1.29, 1.82) is 0 Å². The first kappa shape index (κ1) is 28.6. The molecule has 5 rings (SSSR count). The summed E-state index contributed by atoms with van der Waals surface area (Å²) in [6.07, 6.45) is -0.106. The van der Waals surface area contributed by atoms with E-state index in [0.29, 0.717) is 17.9 Å². The predicted molar refractivity (Wildman–Crippen MR) is 148 cm³/mol. The molecule has 2 saturated heterocycles. The molecular weight excluding hydrogens is 559 g/mol. The number of non-ortho nitro benzene ring substituents is 1. The van der Waals surface area contributed by atoms with E-state index in [0.717, 1.165) is 16.2 Å². The van der Waals surface area contributed by atoms with E-state index in [9.17, 15) is 29.2 Å². The Labute approximate surface area is 239 Å². The molecule has 6 unspecified atom stereocenters. The number of rotatable bonds is 10. The van der Waals surface area contributed by atoms with Crippen LogP contribution in [0.1, 0.15) is 25.8 Å². The van der Waals surface area contributed by atoms with Gasteiger partial charge in [0.2, 0.25) is 5.91 Å². The third kappa shape index (κ3) is 5.76. The van der Waals surface area contributed by atoms with Gasteiger partial charge in [-0.25, -0.2) is 9.18 Å². The summed E-state index contributed by atoms with van der Waals surface area (Å²) in [7, 11) is 0. The molecule has 2 aromatic rings. The maximum atomic E-state index is 13.4. The molecule has 12 heteroatoms. The van der Waals surface area contributed by atoms with Gasteiger partial charge in [0, 0.05) is 38.9 Å². The number of hydrogen-bond acceptors (Lipinski definition) is 9. The lowest BCUT2D eigenvalue weighted by Gasteiger charge is -2.46. The van der Waals surface area contributed by atoms with E-state index < -0.39 is 22.9 Å². The smallest absolute Gasteiger partial charge is 0.356 e. The van der Waals surface area contributed by atoms with Crippen molar-refractivity contribution in [1.82, 2.24) is 4.90 Å². The number of halogens is 1. The number of benzene rings is 2. The molecule has 6 atom stereocenters. The molecule has 212 valence electrons. The van der Waals surface area contributed by atoms with E-state index in [1.165, 1.54) is 53.1 Å². The summed E-state index contributed by atoms with van der Waals surface area (Å²) in [6, 6.07) is 11.7. The van der Waals surface area contributed by atoms with Crippen LogP contribution in [0.5, 0.6) is 0 Å². The van der Waals surface area contributed by atoms with Crippen LogP contribution in [0.3, 0.4) is 0 Å². The standard InChI is InChI=1S/C28H29FN2O7S2/c1-15-24-23(16(2)32)27(33)30(24)25(28(34)38-12-17-3-7-19(8-4-17)31(35)36)26(15)40-22-11-20(37-13-22)14-39-21-9-5-18(29)6-10-21/h3-10,15-16,20,22-24,32H,11-14H2,1-2H3. The quantitative estimate of drug-likeness (QED) is 0.140. The maximum absolute atomic E-state index is 13.4. The number of esters is 1. The van der Waals surface area contributed by atoms with Crippen LogP contribution in [0.2, 0.25) is 0 Å². The Morgan fingerprint density at radius 1 is 1.25 bits per heavy atom. The molecule has 3 aliphatic heterocycles. The Bertz CT molecular complexity index is 1320. The van der Waals surface area contributed by atoms with Gasteiger partial charge in [0.1, 0.15) is 18.1 Å². The number of hydrogen-bond donors (Lipinski definition) is 1. The van der Waals surface area contributed by atoms with Crippen LogP contribution in [-0.4, -0.2) is 62.7 Å². The molecule has 9 nitrogen and oxygen atoms in total. The van der Waals surface area contributed by atoms with Gasteiger partial charge in [-0.15, -0.1) is 23.5 Å². The minimum atomic E-state index is -0.847. The summed E-state index contributed by atoms with van der Waals surface area (Å²) >= 11 is 3.11. The van der Waals surface area contributed by atoms with Crippen LogP contribution >= 0.6 is 23.5 Å². The molecule has 2 aromatic carbocycles. The van der Waals surface area contributed by atoms with Crippen molar-refractivity contribution >= 4 is 41.1 Å². The molecule has 0 bridgehead atoms. The number of nitrogens with zero attached hydrogens (tertiary/aromatic N) is 2. The van der Waals surface area contributed by atoms with Crippen molar-refractivity contribution in [2.75, 3.05) is 12.4 Å². The first-order valence-corrected chi connectivity index (χ1v) is 14.8. The summed E-state index contributed by atoms with van der Waals surface area (Å²) in [6.45, 7) is 3.92. The Morgan fingerprint density at radius 3 is 2.60 bits per heavy atom. The topological polar surface area (TPSA) is 119 Å². The third-order valence-electron chi connectivity index (χ3n) is 7.41. The lowest BCUT2D eigenvalue weighted by molar-refractivity contribution is -0.384. The number of thioether (sulfide) groups is 2. The van der Waals surface area contributed by atoms with Gasteiger partial charge in [0.05, 0.1) is 35.7 Å². The molecule has 0 aromatic heterocycles. The second-order valence-electron chi connectivity index (χ2n) is 10.2. The van der Waals surface area contributed by atoms with E-state index in [4.69, 9.17) is 9.47 Å². The molecule has 0 radical (unpaired) electrons. The number of fused-ring (bicyclic) bond motifs is 1. The summed E-state index contributed by atoms with van der Waals surface area (Å²) in [5.74, 6) is -1.28. The fourth-order valence-electron chi connectivity index (χ4n) is 5.37. The van der Waals surface area contributed by atoms with Gasteiger partial charge in [-0.2, -0.15) is 0 Å². The normalized spacial score (nSPS) is 26.4. The molecular formula is C28H29FN2O7S2. The lowest BCUT2D eigenvalue weighted by atomic mass is 9.79. The number of nitro groups is 1. The highest BCUT2D eigenvalue weighted by Gasteiger charge is 2.60. The molecule has 0 aliphatic carbocycles. The maximum Gasteiger partial charge on any atom is 0.356 e. The van der Waals surface area contributed by atoms with Gasteiger partial charge in [0.25, 0.3) is 5.69 Å². The lowest BCUT2D eigenvalue weighted by Crippen LogP contribution is -2.63. The van der Waals surface area contributed by atoms with Crippen molar-refractivity contribution in [3.8, 4) is 0 Å². The second-order valence-corrected chi connectivity index (χ2v) is 12.6. The Hall–Kier alpha value is -2.93. The zero-order valence-corrected chi connectivity index (χ0v) is 23.5. The van der Waals surface area contributed by atoms with Gasteiger partial charge >= 0.3 is 5.97 Å². The number of amides is 1. The summed E-state index contributed by atoms with van der Waals surface area (Å²) in [4.78, 5) is 39.9. The van der Waals surface area contributed by atoms with Crippen LogP contribution in [0.15, 0.2) is 64.0 Å². The Balaban J connectivity index is 1.27. The van der Waals surface area contributed by atoms with E-state index >= 15 is 0 Å². The van der Waals surface area contributed by atoms with E-state index in [2.05, 4.69) is 0 Å². The van der Waals surface area contributed by atoms with Crippen molar-refractivity contribution < 1.29 is 33.5 Å². The number of aliphatic hydroxyl groups excluding tert-OH is 1. The highest BCUT2D eigenvalue weighted by atomic mass is 32.2. The molecule has 1 N–H and O–H groups in total. The van der Waals surface area contributed by atoms with Gasteiger partial charge in [-0.05, 0) is 55.3 Å². The van der Waals surface area contributed by atoms with Gasteiger partial charge < -0.3 is 19.5 Å². The fourth-order valence-corrected chi connectivity index (χ4v) is 7.77. The minimum Gasteiger partial charge on any atom is -0.456 e. The predicted octanol–water partition coefficient (Wildman–Crippen LogP) is 4.53. The van der Waals surface area contributed by atoms with Crippen LogP contribution in [0.25, 0.3) is 0 Å². The monoisotopic (exact) mass is 588 g/mol. The number of β-lactam (4-membered cyclic amide) rings is 1. The number of aliphatic hydroxyl groups is 1. The first-order valence-electron chi connectivity index (χ1n) is 13.0. The molecule has 2 fully saturated rings. The van der Waals surface area contributed by atoms with Crippen LogP contribution in [0, 0.1) is 27.8 Å². The van der Waals surface area contributed by atoms with E-state index in [1.54, 1.807) is 30.8 Å². The SMILES string of the molecule is CC(O)C1C(=O)N2C(C(=O)OCc3ccc([N+](=O)[O-])cc3)=C(SC3COC(CSc4ccc(F)cc4)C3)C(C)C12. The molecule has 0 saturated carbocycles. The van der Waals surface area contributed by atoms with Crippen molar-refractivity contribution in [3.63, 3.8) is 0 Å². The summed E-state index contributed by atoms with van der Waals surface area (Å²) < 4.78 is 24.8. The number of carbonyl (C=O) groups is 2. The van der Waals surface area contributed by atoms with Crippen LogP contribution in [0.4, 0.5) is 10.1 Å². The van der Waals surface area contributed by atoms with Crippen LogP contribution in [-0.2, 0) is 25.7 Å². The van der Waals surface area contributed by atoms with Crippen molar-refractivity contribution in [2.45, 2.75) is 55.3 Å². The van der Waals surface area contributed by atoms with Gasteiger partial charge in [0.15, 0.2) is 0 Å². The number of nitro benzene ring substituents is 1. The van der Waals surface area contributed by atoms with Crippen molar-refractivity contribution in [3.05, 3.63) is 80.6 Å². The average Bonchev–Trinajstić information content (AvgIpc) is 3.47. The van der Waals surface area contributed by atoms with Crippen molar-refractivity contribution in [2.24, 2.45) is 11.8 Å². The first-order chi connectivity index (χ1) is 19.1. The Kier molecular flexibility index (Phi) is 8.50. The summed E-state index contributed by atoms with van der Waals surface area (Å²) in [5, 5.41) is 21.2. The molecule has 3 aliphatic rings. The van der Waals surface area contributed by atoms with Crippen LogP contribution < -0.4 is 0 Å². The van der Waals surface area contributed by atoms with Gasteiger partial charge in [-0.3, -0.25) is 14.9 Å². The zero-order valence-electron chi connectivity index (χ0n) is 21.9. The number of carbonyl (C=O) groups excluding carboxylic acids is 2. The zero-order chi connectivity index (χ0) is 28.6. The highest BCUT2D eigenvalue weighted by molar-refractivity contribution is 8.03. The fraction of sp³-hybridized carbons (Fsp3) is 0.429. The minimum absolute atomic E-state index is 0.00808. The Morgan fingerprint density at radius 2 is 1.95 bits per heavy atom. The average molecular weight is 589 g/mol. The third-order valence-corrected chi connectivity index (χ3v) is 10.0. The molecule has 40 heavy (non-hydrogen) atoms. The second kappa shape index (κ2) is 11.9. The molecule has 3 heterocycles. The molecule has 0 spiro atoms.